The second kappa shape index (κ2) is 9.02. The molecule has 25 heavy (non-hydrogen) atoms. The van der Waals surface area contributed by atoms with E-state index in [0.29, 0.717) is 33.8 Å². The van der Waals surface area contributed by atoms with Gasteiger partial charge >= 0.3 is 5.97 Å². The van der Waals surface area contributed by atoms with Gasteiger partial charge in [-0.3, -0.25) is 0 Å². The van der Waals surface area contributed by atoms with Gasteiger partial charge in [0.1, 0.15) is 10.7 Å². The van der Waals surface area contributed by atoms with E-state index in [4.69, 9.17) is 33.0 Å². The number of ether oxygens (including phenoxy) is 1. The van der Waals surface area contributed by atoms with E-state index in [9.17, 15) is 4.79 Å². The topological polar surface area (TPSA) is 51.5 Å². The number of benzene rings is 1. The molecule has 0 aliphatic carbocycles. The van der Waals surface area contributed by atoms with Crippen molar-refractivity contribution in [1.29, 1.82) is 0 Å². The Balaban J connectivity index is 2.10. The van der Waals surface area contributed by atoms with Gasteiger partial charge in [-0.15, -0.1) is 0 Å². The Labute approximate surface area is 158 Å². The molecule has 0 fully saturated rings. The van der Waals surface area contributed by atoms with Gasteiger partial charge in [-0.2, -0.15) is 0 Å². The monoisotopic (exact) mass is 379 g/mol. The third kappa shape index (κ3) is 5.06. The first kappa shape index (κ1) is 19.5. The second-order valence-corrected chi connectivity index (χ2v) is 6.64. The fourth-order valence-corrected chi connectivity index (χ4v) is 2.90. The molecule has 2 aromatic rings. The number of nitrogens with one attached hydrogen (secondary N) is 1. The maximum absolute atomic E-state index is 12.3. The Morgan fingerprint density at radius 3 is 2.60 bits per heavy atom. The van der Waals surface area contributed by atoms with E-state index in [1.807, 2.05) is 6.92 Å². The van der Waals surface area contributed by atoms with Gasteiger partial charge < -0.3 is 14.5 Å². The first-order chi connectivity index (χ1) is 12.0. The lowest BCUT2D eigenvalue weighted by atomic mass is 10.1. The summed E-state index contributed by atoms with van der Waals surface area (Å²) in [5.74, 6) is 0.669. The van der Waals surface area contributed by atoms with Gasteiger partial charge in [0.15, 0.2) is 0 Å². The third-order valence-electron chi connectivity index (χ3n) is 4.15. The number of aryl methyl sites for hydroxylation is 1. The van der Waals surface area contributed by atoms with Crippen LogP contribution in [0.3, 0.4) is 0 Å². The number of rotatable bonds is 7. The first-order valence-corrected chi connectivity index (χ1v) is 9.07. The van der Waals surface area contributed by atoms with Crippen molar-refractivity contribution in [2.45, 2.75) is 33.6 Å². The van der Waals surface area contributed by atoms with Gasteiger partial charge in [0.05, 0.1) is 29.0 Å². The maximum atomic E-state index is 12.3. The molecular weight excluding hydrogens is 358 g/mol. The third-order valence-corrected chi connectivity index (χ3v) is 4.80. The zero-order chi connectivity index (χ0) is 18.4. The lowest BCUT2D eigenvalue weighted by Gasteiger charge is -2.14. The summed E-state index contributed by atoms with van der Waals surface area (Å²) in [5, 5.41) is 3.45. The molecule has 0 radical (unpaired) electrons. The Bertz CT molecular complexity index is 753. The molecule has 0 spiro atoms. The number of thiocarbonyl (C=S) groups is 1. The number of carbonyl (C=O) groups is 1. The van der Waals surface area contributed by atoms with Crippen LogP contribution in [0.15, 0.2) is 34.9 Å². The number of anilines is 1. The molecule has 1 aromatic carbocycles. The fourth-order valence-electron chi connectivity index (χ4n) is 2.37. The van der Waals surface area contributed by atoms with Crippen LogP contribution in [-0.2, 0) is 4.74 Å². The van der Waals surface area contributed by atoms with Crippen LogP contribution in [0.1, 0.15) is 48.4 Å². The molecular formula is C19H22ClNO3S. The first-order valence-electron chi connectivity index (χ1n) is 8.28. The molecule has 0 aliphatic heterocycles. The van der Waals surface area contributed by atoms with Crippen molar-refractivity contribution in [1.82, 2.24) is 0 Å². The van der Waals surface area contributed by atoms with Crippen LogP contribution in [0.2, 0.25) is 5.02 Å². The van der Waals surface area contributed by atoms with E-state index < -0.39 is 5.97 Å². The summed E-state index contributed by atoms with van der Waals surface area (Å²) in [6.45, 7) is 6.40. The smallest absolute Gasteiger partial charge is 0.339 e. The molecule has 0 saturated heterocycles. The molecule has 1 aromatic heterocycles. The molecule has 4 nitrogen and oxygen atoms in total. The average molecular weight is 380 g/mol. The molecule has 6 heteroatoms. The van der Waals surface area contributed by atoms with Crippen LogP contribution >= 0.6 is 23.8 Å². The van der Waals surface area contributed by atoms with E-state index in [1.54, 1.807) is 30.5 Å². The van der Waals surface area contributed by atoms with Crippen LogP contribution < -0.4 is 5.32 Å². The fraction of sp³-hybridized carbons (Fsp3) is 0.368. The summed E-state index contributed by atoms with van der Waals surface area (Å²) >= 11 is 11.5. The zero-order valence-electron chi connectivity index (χ0n) is 14.6. The molecule has 2 rings (SSSR count). The number of halogens is 1. The molecule has 1 heterocycles. The van der Waals surface area contributed by atoms with Crippen molar-refractivity contribution in [2.75, 3.05) is 11.9 Å². The normalized spacial score (nSPS) is 10.8. The molecule has 0 amide bonds. The minimum Gasteiger partial charge on any atom is -0.469 e. The highest BCUT2D eigenvalue weighted by Gasteiger charge is 2.16. The second-order valence-electron chi connectivity index (χ2n) is 5.82. The van der Waals surface area contributed by atoms with Gasteiger partial charge in [0.25, 0.3) is 0 Å². The summed E-state index contributed by atoms with van der Waals surface area (Å²) in [6, 6.07) is 6.87. The molecule has 134 valence electrons. The number of hydrogen-bond donors (Lipinski definition) is 1. The summed E-state index contributed by atoms with van der Waals surface area (Å²) in [5.41, 5.74) is 1.80. The Hall–Kier alpha value is -1.85. The van der Waals surface area contributed by atoms with Gasteiger partial charge in [-0.1, -0.05) is 50.5 Å². The van der Waals surface area contributed by atoms with Crippen molar-refractivity contribution < 1.29 is 13.9 Å². The lowest BCUT2D eigenvalue weighted by Crippen LogP contribution is -2.15. The quantitative estimate of drug-likeness (QED) is 0.499. The standard InChI is InChI=1S/C19H22ClNO3S/c1-4-13(5-2)11-24-19(22)16-10-14(6-7-17(16)20)21-18(25)15-8-9-23-12(15)3/h6-10,13H,4-5,11H2,1-3H3,(H,21,25). The van der Waals surface area contributed by atoms with Gasteiger partial charge in [0, 0.05) is 5.69 Å². The molecule has 0 unspecified atom stereocenters. The molecule has 0 atom stereocenters. The average Bonchev–Trinajstić information content (AvgIpc) is 3.03. The molecule has 0 saturated carbocycles. The Morgan fingerprint density at radius 2 is 2.00 bits per heavy atom. The predicted octanol–water partition coefficient (Wildman–Crippen LogP) is 5.62. The van der Waals surface area contributed by atoms with E-state index >= 15 is 0 Å². The van der Waals surface area contributed by atoms with E-state index in [0.717, 1.165) is 24.2 Å². The van der Waals surface area contributed by atoms with E-state index in [-0.39, 0.29) is 0 Å². The molecule has 0 aliphatic rings. The predicted molar refractivity (Wildman–Crippen MR) is 105 cm³/mol. The van der Waals surface area contributed by atoms with Crippen LogP contribution in [0, 0.1) is 12.8 Å². The van der Waals surface area contributed by atoms with Gasteiger partial charge in [-0.25, -0.2) is 4.79 Å². The lowest BCUT2D eigenvalue weighted by molar-refractivity contribution is 0.0433. The largest absolute Gasteiger partial charge is 0.469 e. The van der Waals surface area contributed by atoms with Crippen LogP contribution in [-0.4, -0.2) is 17.6 Å². The van der Waals surface area contributed by atoms with E-state index in [1.165, 1.54) is 0 Å². The zero-order valence-corrected chi connectivity index (χ0v) is 16.2. The number of furan rings is 1. The van der Waals surface area contributed by atoms with Crippen LogP contribution in [0.5, 0.6) is 0 Å². The Kier molecular flexibility index (Phi) is 7.02. The van der Waals surface area contributed by atoms with Crippen molar-refractivity contribution in [3.8, 4) is 0 Å². The van der Waals surface area contributed by atoms with Crippen molar-refractivity contribution >= 4 is 40.5 Å². The van der Waals surface area contributed by atoms with Crippen LogP contribution in [0.4, 0.5) is 5.69 Å². The molecule has 1 N–H and O–H groups in total. The summed E-state index contributed by atoms with van der Waals surface area (Å²) < 4.78 is 10.7. The summed E-state index contributed by atoms with van der Waals surface area (Å²) in [7, 11) is 0. The SMILES string of the molecule is CCC(CC)COC(=O)c1cc(NC(=S)c2ccoc2C)ccc1Cl. The highest BCUT2D eigenvalue weighted by Crippen LogP contribution is 2.23. The number of esters is 1. The highest BCUT2D eigenvalue weighted by molar-refractivity contribution is 7.81. The minimum absolute atomic E-state index is 0.323. The van der Waals surface area contributed by atoms with E-state index in [2.05, 4.69) is 19.2 Å². The van der Waals surface area contributed by atoms with Crippen molar-refractivity contribution in [3.63, 3.8) is 0 Å². The molecule has 0 bridgehead atoms. The summed E-state index contributed by atoms with van der Waals surface area (Å²) in [4.78, 5) is 12.9. The Morgan fingerprint density at radius 1 is 1.28 bits per heavy atom. The van der Waals surface area contributed by atoms with Gasteiger partial charge in [0.2, 0.25) is 0 Å². The van der Waals surface area contributed by atoms with Crippen molar-refractivity contribution in [2.24, 2.45) is 5.92 Å². The van der Waals surface area contributed by atoms with Crippen molar-refractivity contribution in [3.05, 3.63) is 52.4 Å². The minimum atomic E-state index is -0.425. The number of hydrogen-bond acceptors (Lipinski definition) is 4. The van der Waals surface area contributed by atoms with Crippen LogP contribution in [0.25, 0.3) is 0 Å². The summed E-state index contributed by atoms with van der Waals surface area (Å²) in [6.07, 6.45) is 3.52. The highest BCUT2D eigenvalue weighted by atomic mass is 35.5. The van der Waals surface area contributed by atoms with Gasteiger partial charge in [-0.05, 0) is 37.1 Å². The maximum Gasteiger partial charge on any atom is 0.339 e. The number of carbonyl (C=O) groups excluding carboxylic acids is 1.